The molecule has 0 fully saturated rings. The summed E-state index contributed by atoms with van der Waals surface area (Å²) in [5, 5.41) is 0. The average molecular weight is 340 g/mol. The lowest BCUT2D eigenvalue weighted by Crippen LogP contribution is -2.40. The van der Waals surface area contributed by atoms with Gasteiger partial charge in [0.1, 0.15) is 0 Å². The molecule has 0 aliphatic rings. The maximum atomic E-state index is 13.1. The summed E-state index contributed by atoms with van der Waals surface area (Å²) in [7, 11) is 0. The summed E-state index contributed by atoms with van der Waals surface area (Å²) < 4.78 is 4.72. The zero-order chi connectivity index (χ0) is 18.1. The first-order valence-corrected chi connectivity index (χ1v) is 8.72. The van der Waals surface area contributed by atoms with Crippen LogP contribution in [0, 0.1) is 12.8 Å². The summed E-state index contributed by atoms with van der Waals surface area (Å²) in [4.78, 5) is 30.5. The molecule has 0 aliphatic heterocycles. The van der Waals surface area contributed by atoms with E-state index in [1.807, 2.05) is 38.1 Å². The molecule has 1 aromatic carbocycles. The van der Waals surface area contributed by atoms with Crippen molar-refractivity contribution in [2.75, 3.05) is 0 Å². The second kappa shape index (κ2) is 6.70. The second-order valence-electron chi connectivity index (χ2n) is 6.75. The Bertz CT molecular complexity index is 1020. The van der Waals surface area contributed by atoms with Gasteiger partial charge in [0, 0.05) is 13.1 Å². The zero-order valence-corrected chi connectivity index (χ0v) is 15.2. The minimum absolute atomic E-state index is 0.259. The largest absolute Gasteiger partial charge is 0.337 e. The van der Waals surface area contributed by atoms with Crippen molar-refractivity contribution in [1.82, 2.24) is 18.7 Å². The Morgan fingerprint density at radius 2 is 1.88 bits per heavy atom. The van der Waals surface area contributed by atoms with E-state index < -0.39 is 0 Å². The summed E-state index contributed by atoms with van der Waals surface area (Å²) in [5.74, 6) is 0.407. The molecular formula is C19H24N4O2. The SMILES string of the molecule is CCn1cnc2c1c(=O)n(CCC(C)C)c(=O)n2-c1ccccc1C. The van der Waals surface area contributed by atoms with Crippen LogP contribution in [-0.2, 0) is 13.1 Å². The number of hydrogen-bond donors (Lipinski definition) is 0. The van der Waals surface area contributed by atoms with Crippen molar-refractivity contribution >= 4 is 11.2 Å². The number of aryl methyl sites for hydroxylation is 2. The number of hydrogen-bond acceptors (Lipinski definition) is 3. The lowest BCUT2D eigenvalue weighted by atomic mass is 10.1. The van der Waals surface area contributed by atoms with Gasteiger partial charge in [-0.15, -0.1) is 0 Å². The van der Waals surface area contributed by atoms with Gasteiger partial charge in [0.15, 0.2) is 11.2 Å². The van der Waals surface area contributed by atoms with E-state index in [1.54, 1.807) is 15.5 Å². The van der Waals surface area contributed by atoms with Gasteiger partial charge in [0.2, 0.25) is 0 Å². The van der Waals surface area contributed by atoms with Crippen LogP contribution in [0.1, 0.15) is 32.8 Å². The maximum Gasteiger partial charge on any atom is 0.337 e. The summed E-state index contributed by atoms with van der Waals surface area (Å²) in [5.41, 5.74) is 2.04. The number of aromatic nitrogens is 4. The highest BCUT2D eigenvalue weighted by Gasteiger charge is 2.19. The number of imidazole rings is 1. The Hall–Kier alpha value is -2.63. The van der Waals surface area contributed by atoms with Gasteiger partial charge in [0.25, 0.3) is 5.56 Å². The van der Waals surface area contributed by atoms with Crippen LogP contribution in [0.15, 0.2) is 40.2 Å². The number of benzene rings is 1. The molecule has 0 spiro atoms. The minimum Gasteiger partial charge on any atom is -0.325 e. The fourth-order valence-electron chi connectivity index (χ4n) is 3.04. The Kier molecular flexibility index (Phi) is 4.61. The van der Waals surface area contributed by atoms with Crippen molar-refractivity contribution in [1.29, 1.82) is 0 Å². The normalized spacial score (nSPS) is 11.6. The third-order valence-corrected chi connectivity index (χ3v) is 4.53. The first kappa shape index (κ1) is 17.2. The van der Waals surface area contributed by atoms with Gasteiger partial charge in [-0.1, -0.05) is 32.0 Å². The molecule has 3 rings (SSSR count). The fraction of sp³-hybridized carbons (Fsp3) is 0.421. The van der Waals surface area contributed by atoms with E-state index in [-0.39, 0.29) is 11.2 Å². The Balaban J connectivity index is 2.40. The molecule has 0 radical (unpaired) electrons. The quantitative estimate of drug-likeness (QED) is 0.717. The van der Waals surface area contributed by atoms with E-state index in [0.717, 1.165) is 17.7 Å². The van der Waals surface area contributed by atoms with Gasteiger partial charge in [-0.25, -0.2) is 14.3 Å². The zero-order valence-electron chi connectivity index (χ0n) is 15.2. The van der Waals surface area contributed by atoms with Crippen molar-refractivity contribution < 1.29 is 0 Å². The molecule has 0 amide bonds. The average Bonchev–Trinajstić information content (AvgIpc) is 3.00. The van der Waals surface area contributed by atoms with Crippen molar-refractivity contribution in [3.8, 4) is 5.69 Å². The van der Waals surface area contributed by atoms with E-state index >= 15 is 0 Å². The molecule has 0 saturated carbocycles. The molecule has 0 N–H and O–H groups in total. The summed E-state index contributed by atoms with van der Waals surface area (Å²) >= 11 is 0. The van der Waals surface area contributed by atoms with Gasteiger partial charge < -0.3 is 4.57 Å². The molecule has 2 heterocycles. The number of rotatable bonds is 5. The number of fused-ring (bicyclic) bond motifs is 1. The van der Waals surface area contributed by atoms with Gasteiger partial charge in [-0.05, 0) is 37.8 Å². The van der Waals surface area contributed by atoms with Crippen LogP contribution in [0.3, 0.4) is 0 Å². The third kappa shape index (κ3) is 2.92. The van der Waals surface area contributed by atoms with Crippen LogP contribution < -0.4 is 11.2 Å². The number of nitrogens with zero attached hydrogens (tertiary/aromatic N) is 4. The highest BCUT2D eigenvalue weighted by Crippen LogP contribution is 2.16. The Labute approximate surface area is 146 Å². The molecule has 0 aliphatic carbocycles. The van der Waals surface area contributed by atoms with E-state index in [4.69, 9.17) is 0 Å². The van der Waals surface area contributed by atoms with Crippen LogP contribution in [0.25, 0.3) is 16.9 Å². The molecule has 0 atom stereocenters. The van der Waals surface area contributed by atoms with Crippen molar-refractivity contribution in [3.05, 3.63) is 57.0 Å². The predicted octanol–water partition coefficient (Wildman–Crippen LogP) is 2.72. The van der Waals surface area contributed by atoms with Gasteiger partial charge >= 0.3 is 5.69 Å². The van der Waals surface area contributed by atoms with Crippen LogP contribution in [0.2, 0.25) is 0 Å². The van der Waals surface area contributed by atoms with Crippen LogP contribution in [0.4, 0.5) is 0 Å². The Morgan fingerprint density at radius 1 is 1.16 bits per heavy atom. The molecule has 0 saturated heterocycles. The molecule has 3 aromatic rings. The van der Waals surface area contributed by atoms with Crippen LogP contribution >= 0.6 is 0 Å². The van der Waals surface area contributed by atoms with Gasteiger partial charge in [-0.3, -0.25) is 9.36 Å². The lowest BCUT2D eigenvalue weighted by Gasteiger charge is -2.14. The minimum atomic E-state index is -0.325. The maximum absolute atomic E-state index is 13.1. The highest BCUT2D eigenvalue weighted by molar-refractivity contribution is 5.72. The second-order valence-corrected chi connectivity index (χ2v) is 6.75. The van der Waals surface area contributed by atoms with Gasteiger partial charge in [0.05, 0.1) is 12.0 Å². The monoisotopic (exact) mass is 340 g/mol. The first-order chi connectivity index (χ1) is 12.0. The lowest BCUT2D eigenvalue weighted by molar-refractivity contribution is 0.491. The van der Waals surface area contributed by atoms with E-state index in [2.05, 4.69) is 18.8 Å². The van der Waals surface area contributed by atoms with E-state index in [0.29, 0.717) is 30.2 Å². The van der Waals surface area contributed by atoms with Gasteiger partial charge in [-0.2, -0.15) is 0 Å². The molecule has 6 nitrogen and oxygen atoms in total. The fourth-order valence-corrected chi connectivity index (χ4v) is 3.04. The molecule has 25 heavy (non-hydrogen) atoms. The summed E-state index contributed by atoms with van der Waals surface area (Å²) in [6, 6.07) is 7.66. The predicted molar refractivity (Wildman–Crippen MR) is 99.5 cm³/mol. The van der Waals surface area contributed by atoms with Crippen molar-refractivity contribution in [2.45, 2.75) is 47.2 Å². The molecule has 6 heteroatoms. The van der Waals surface area contributed by atoms with Crippen molar-refractivity contribution in [3.63, 3.8) is 0 Å². The first-order valence-electron chi connectivity index (χ1n) is 8.72. The topological polar surface area (TPSA) is 61.8 Å². The molecule has 0 bridgehead atoms. The molecule has 2 aromatic heterocycles. The van der Waals surface area contributed by atoms with E-state index in [1.165, 1.54) is 4.57 Å². The summed E-state index contributed by atoms with van der Waals surface area (Å²) in [6.45, 7) is 9.11. The van der Waals surface area contributed by atoms with Crippen molar-refractivity contribution in [2.24, 2.45) is 5.92 Å². The smallest absolute Gasteiger partial charge is 0.325 e. The van der Waals surface area contributed by atoms with Crippen LogP contribution in [0.5, 0.6) is 0 Å². The van der Waals surface area contributed by atoms with E-state index in [9.17, 15) is 9.59 Å². The molecule has 0 unspecified atom stereocenters. The number of para-hydroxylation sites is 1. The van der Waals surface area contributed by atoms with Crippen LogP contribution in [-0.4, -0.2) is 18.7 Å². The summed E-state index contributed by atoms with van der Waals surface area (Å²) in [6.07, 6.45) is 2.40. The highest BCUT2D eigenvalue weighted by atomic mass is 16.2. The third-order valence-electron chi connectivity index (χ3n) is 4.53. The Morgan fingerprint density at radius 3 is 2.52 bits per heavy atom. The molecule has 132 valence electrons. The molecular weight excluding hydrogens is 316 g/mol. The standard InChI is InChI=1S/C19H24N4O2/c1-5-21-12-20-17-16(21)18(24)22(11-10-13(2)3)19(25)23(17)15-9-7-6-8-14(15)4/h6-9,12-13H,5,10-11H2,1-4H3.